The van der Waals surface area contributed by atoms with Gasteiger partial charge in [-0.15, -0.1) is 0 Å². The van der Waals surface area contributed by atoms with Crippen LogP contribution in [-0.2, 0) is 4.79 Å². The Morgan fingerprint density at radius 3 is 2.55 bits per heavy atom. The zero-order valence-corrected chi connectivity index (χ0v) is 19.6. The molecular weight excluding hydrogens is 384 g/mol. The number of amides is 1. The highest BCUT2D eigenvalue weighted by atomic mass is 16.2. The molecule has 3 heterocycles. The minimum atomic E-state index is 0.478. The molecule has 0 spiro atoms. The first-order valence-electron chi connectivity index (χ1n) is 13.7. The number of hydrogen-bond acceptors (Lipinski definition) is 4. The monoisotopic (exact) mass is 430 g/mol. The van der Waals surface area contributed by atoms with Crippen molar-refractivity contribution in [3.05, 3.63) is 0 Å². The maximum Gasteiger partial charge on any atom is 0.223 e. The second-order valence-corrected chi connectivity index (χ2v) is 11.6. The van der Waals surface area contributed by atoms with Gasteiger partial charge >= 0.3 is 0 Å². The van der Waals surface area contributed by atoms with Crippen molar-refractivity contribution in [2.45, 2.75) is 89.1 Å². The zero-order valence-electron chi connectivity index (χ0n) is 19.6. The van der Waals surface area contributed by atoms with E-state index in [4.69, 9.17) is 0 Å². The molecule has 5 atom stereocenters. The van der Waals surface area contributed by atoms with Crippen molar-refractivity contribution in [3.8, 4) is 0 Å². The largest absolute Gasteiger partial charge is 0.339 e. The van der Waals surface area contributed by atoms with Crippen molar-refractivity contribution in [1.29, 1.82) is 0 Å². The van der Waals surface area contributed by atoms with Crippen LogP contribution in [0.3, 0.4) is 0 Å². The smallest absolute Gasteiger partial charge is 0.223 e. The molecule has 176 valence electrons. The summed E-state index contributed by atoms with van der Waals surface area (Å²) in [6.45, 7) is 7.00. The van der Waals surface area contributed by atoms with Crippen LogP contribution in [0.1, 0.15) is 77.0 Å². The van der Waals surface area contributed by atoms with Crippen LogP contribution in [-0.4, -0.2) is 62.2 Å². The molecule has 5 aliphatic rings. The molecule has 0 aromatic heterocycles. The van der Waals surface area contributed by atoms with Crippen LogP contribution in [0.15, 0.2) is 0 Å². The maximum absolute atomic E-state index is 12.9. The second kappa shape index (κ2) is 10.5. The van der Waals surface area contributed by atoms with Gasteiger partial charge in [0.2, 0.25) is 5.91 Å². The van der Waals surface area contributed by atoms with Crippen molar-refractivity contribution < 1.29 is 4.79 Å². The van der Waals surface area contributed by atoms with Crippen molar-refractivity contribution in [2.24, 2.45) is 29.6 Å². The first kappa shape index (κ1) is 22.2. The van der Waals surface area contributed by atoms with Gasteiger partial charge in [-0.1, -0.05) is 6.42 Å². The van der Waals surface area contributed by atoms with E-state index in [1.807, 2.05) is 0 Å². The summed E-state index contributed by atoms with van der Waals surface area (Å²) < 4.78 is 0. The molecule has 5 rings (SSSR count). The van der Waals surface area contributed by atoms with Gasteiger partial charge in [0.1, 0.15) is 0 Å². The highest BCUT2D eigenvalue weighted by Gasteiger charge is 2.42. The fourth-order valence-corrected chi connectivity index (χ4v) is 7.63. The molecule has 0 radical (unpaired) electrons. The molecule has 3 saturated heterocycles. The SMILES string of the molecule is O=C1CC(C2CCC(CNCC3CCCCN3)CC2)CN1C1CCC2CNCCC2C1. The lowest BCUT2D eigenvalue weighted by Crippen LogP contribution is -2.47. The van der Waals surface area contributed by atoms with Gasteiger partial charge in [0.25, 0.3) is 0 Å². The first-order chi connectivity index (χ1) is 15.3. The van der Waals surface area contributed by atoms with E-state index in [2.05, 4.69) is 20.9 Å². The van der Waals surface area contributed by atoms with Crippen LogP contribution in [0.25, 0.3) is 0 Å². The number of piperidine rings is 2. The van der Waals surface area contributed by atoms with E-state index >= 15 is 0 Å². The van der Waals surface area contributed by atoms with Gasteiger partial charge < -0.3 is 20.9 Å². The van der Waals surface area contributed by atoms with E-state index in [1.165, 1.54) is 96.8 Å². The third kappa shape index (κ3) is 5.47. The Kier molecular flexibility index (Phi) is 7.52. The molecular formula is C26H46N4O. The summed E-state index contributed by atoms with van der Waals surface area (Å²) in [4.78, 5) is 15.3. The molecule has 31 heavy (non-hydrogen) atoms. The number of nitrogens with one attached hydrogen (secondary N) is 3. The molecule has 5 nitrogen and oxygen atoms in total. The number of nitrogens with zero attached hydrogens (tertiary/aromatic N) is 1. The van der Waals surface area contributed by atoms with Crippen LogP contribution in [0.4, 0.5) is 0 Å². The van der Waals surface area contributed by atoms with Gasteiger partial charge in [-0.25, -0.2) is 0 Å². The van der Waals surface area contributed by atoms with Gasteiger partial charge in [0.05, 0.1) is 0 Å². The Bertz CT molecular complexity index is 584. The zero-order chi connectivity index (χ0) is 21.0. The molecule has 0 aromatic rings. The Morgan fingerprint density at radius 1 is 0.839 bits per heavy atom. The standard InChI is InChI=1S/C26H46N4O/c31-26-14-23(18-30(26)25-9-8-22-16-27-12-10-21(22)13-25)20-6-4-19(5-7-20)15-28-17-24-3-1-2-11-29-24/h19-25,27-29H,1-18H2. The molecule has 0 bridgehead atoms. The molecule has 5 unspecified atom stereocenters. The number of likely N-dealkylation sites (tertiary alicyclic amines) is 1. The van der Waals surface area contributed by atoms with Crippen molar-refractivity contribution in [3.63, 3.8) is 0 Å². The average Bonchev–Trinajstić information content (AvgIpc) is 3.21. The van der Waals surface area contributed by atoms with Crippen LogP contribution < -0.4 is 16.0 Å². The van der Waals surface area contributed by atoms with Gasteiger partial charge in [-0.2, -0.15) is 0 Å². The minimum Gasteiger partial charge on any atom is -0.339 e. The van der Waals surface area contributed by atoms with Crippen LogP contribution in [0.2, 0.25) is 0 Å². The lowest BCUT2D eigenvalue weighted by Gasteiger charge is -2.42. The Labute approximate surface area is 189 Å². The van der Waals surface area contributed by atoms with Gasteiger partial charge in [0, 0.05) is 31.6 Å². The lowest BCUT2D eigenvalue weighted by molar-refractivity contribution is -0.130. The number of rotatable bonds is 6. The van der Waals surface area contributed by atoms with E-state index in [9.17, 15) is 4.79 Å². The quantitative estimate of drug-likeness (QED) is 0.606. The van der Waals surface area contributed by atoms with Crippen molar-refractivity contribution in [1.82, 2.24) is 20.9 Å². The topological polar surface area (TPSA) is 56.4 Å². The van der Waals surface area contributed by atoms with Crippen molar-refractivity contribution >= 4 is 5.91 Å². The molecule has 5 fully saturated rings. The van der Waals surface area contributed by atoms with E-state index in [0.717, 1.165) is 43.2 Å². The fourth-order valence-electron chi connectivity index (χ4n) is 7.63. The number of carbonyl (C=O) groups is 1. The molecule has 3 aliphatic heterocycles. The lowest BCUT2D eigenvalue weighted by atomic mass is 9.73. The van der Waals surface area contributed by atoms with E-state index in [-0.39, 0.29) is 0 Å². The van der Waals surface area contributed by atoms with Gasteiger partial charge in [-0.05, 0) is 120 Å². The summed E-state index contributed by atoms with van der Waals surface area (Å²) in [6, 6.07) is 1.24. The average molecular weight is 431 g/mol. The molecule has 2 aliphatic carbocycles. The summed E-state index contributed by atoms with van der Waals surface area (Å²) in [5.41, 5.74) is 0. The van der Waals surface area contributed by atoms with Crippen molar-refractivity contribution in [2.75, 3.05) is 39.3 Å². The number of hydrogen-bond donors (Lipinski definition) is 3. The van der Waals surface area contributed by atoms with E-state index in [0.29, 0.717) is 23.9 Å². The summed E-state index contributed by atoms with van der Waals surface area (Å²) in [5, 5.41) is 11.0. The Hall–Kier alpha value is -0.650. The third-order valence-corrected chi connectivity index (χ3v) is 9.63. The Balaban J connectivity index is 1.03. The van der Waals surface area contributed by atoms with Gasteiger partial charge in [-0.3, -0.25) is 4.79 Å². The highest BCUT2D eigenvalue weighted by molar-refractivity contribution is 5.79. The summed E-state index contributed by atoms with van der Waals surface area (Å²) in [5.74, 6) is 4.49. The molecule has 3 N–H and O–H groups in total. The predicted octanol–water partition coefficient (Wildman–Crippen LogP) is 3.15. The third-order valence-electron chi connectivity index (χ3n) is 9.63. The summed E-state index contributed by atoms with van der Waals surface area (Å²) >= 11 is 0. The molecule has 5 heteroatoms. The minimum absolute atomic E-state index is 0.478. The van der Waals surface area contributed by atoms with Crippen LogP contribution >= 0.6 is 0 Å². The first-order valence-corrected chi connectivity index (χ1v) is 13.7. The maximum atomic E-state index is 12.9. The molecule has 1 amide bonds. The molecule has 0 aromatic carbocycles. The number of carbonyl (C=O) groups excluding carboxylic acids is 1. The fraction of sp³-hybridized carbons (Fsp3) is 0.962. The summed E-state index contributed by atoms with van der Waals surface area (Å²) in [6.07, 6.45) is 15.5. The molecule has 2 saturated carbocycles. The van der Waals surface area contributed by atoms with E-state index < -0.39 is 0 Å². The Morgan fingerprint density at radius 2 is 1.71 bits per heavy atom. The van der Waals surface area contributed by atoms with Crippen LogP contribution in [0, 0.1) is 29.6 Å². The van der Waals surface area contributed by atoms with Crippen LogP contribution in [0.5, 0.6) is 0 Å². The highest BCUT2D eigenvalue weighted by Crippen LogP contribution is 2.41. The number of fused-ring (bicyclic) bond motifs is 1. The normalized spacial score (nSPS) is 41.9. The van der Waals surface area contributed by atoms with E-state index in [1.54, 1.807) is 0 Å². The predicted molar refractivity (Wildman–Crippen MR) is 126 cm³/mol. The second-order valence-electron chi connectivity index (χ2n) is 11.6. The summed E-state index contributed by atoms with van der Waals surface area (Å²) in [7, 11) is 0. The van der Waals surface area contributed by atoms with Gasteiger partial charge in [0.15, 0.2) is 0 Å².